The number of nitrogens with one attached hydrogen (secondary N) is 1. The number of anilines is 1. The molecule has 1 fully saturated rings. The first-order valence-electron chi connectivity index (χ1n) is 10.2. The third-order valence-electron chi connectivity index (χ3n) is 5.92. The molecule has 5 rings (SSSR count). The molecular weight excluding hydrogens is 422 g/mol. The van der Waals surface area contributed by atoms with Gasteiger partial charge in [-0.2, -0.15) is 4.98 Å². The van der Waals surface area contributed by atoms with Crippen molar-refractivity contribution in [3.63, 3.8) is 0 Å². The van der Waals surface area contributed by atoms with Gasteiger partial charge in [-0.05, 0) is 25.1 Å². The Morgan fingerprint density at radius 1 is 1.26 bits per heavy atom. The first kappa shape index (κ1) is 20.3. The lowest BCUT2D eigenvalue weighted by molar-refractivity contribution is 0.415. The monoisotopic (exact) mass is 444 g/mol. The Morgan fingerprint density at radius 2 is 2.10 bits per heavy atom. The van der Waals surface area contributed by atoms with Crippen LogP contribution in [0.15, 0.2) is 34.0 Å². The van der Waals surface area contributed by atoms with E-state index in [4.69, 9.17) is 4.74 Å². The highest BCUT2D eigenvalue weighted by Crippen LogP contribution is 2.47. The molecule has 0 bridgehead atoms. The molecule has 2 aliphatic heterocycles. The molecule has 1 N–H and O–H groups in total. The zero-order chi connectivity index (χ0) is 21.7. The van der Waals surface area contributed by atoms with Crippen LogP contribution >= 0.6 is 11.8 Å². The van der Waals surface area contributed by atoms with Gasteiger partial charge in [0.2, 0.25) is 0 Å². The summed E-state index contributed by atoms with van der Waals surface area (Å²) >= 11 is 1.55. The lowest BCUT2D eigenvalue weighted by atomic mass is 10.0. The molecule has 0 amide bonds. The second kappa shape index (κ2) is 7.80. The van der Waals surface area contributed by atoms with Crippen LogP contribution in [0.5, 0.6) is 5.75 Å². The van der Waals surface area contributed by atoms with Crippen molar-refractivity contribution < 1.29 is 13.5 Å². The summed E-state index contributed by atoms with van der Waals surface area (Å²) in [6, 6.07) is 5.51. The number of hydrogen-bond acceptors (Lipinski definition) is 6. The average Bonchev–Trinajstić information content (AvgIpc) is 2.76. The number of aromatic nitrogens is 2. The van der Waals surface area contributed by atoms with Crippen LogP contribution in [0.25, 0.3) is 22.0 Å². The maximum Gasteiger partial charge on any atom is 0.350 e. The molecule has 0 radical (unpaired) electrons. The van der Waals surface area contributed by atoms with Crippen molar-refractivity contribution >= 4 is 28.5 Å². The number of benzene rings is 2. The summed E-state index contributed by atoms with van der Waals surface area (Å²) in [6.07, 6.45) is 0. The minimum Gasteiger partial charge on any atom is -0.496 e. The first-order chi connectivity index (χ1) is 15.0. The summed E-state index contributed by atoms with van der Waals surface area (Å²) in [4.78, 5) is 20.3. The highest BCUT2D eigenvalue weighted by atomic mass is 32.2. The zero-order valence-corrected chi connectivity index (χ0v) is 18.1. The molecule has 2 aromatic carbocycles. The Kier molecular flexibility index (Phi) is 5.10. The first-order valence-corrected chi connectivity index (χ1v) is 11.2. The van der Waals surface area contributed by atoms with Gasteiger partial charge in [-0.1, -0.05) is 0 Å². The number of hydrogen-bond donors (Lipinski definition) is 1. The summed E-state index contributed by atoms with van der Waals surface area (Å²) in [7, 11) is 1.53. The molecule has 31 heavy (non-hydrogen) atoms. The minimum atomic E-state index is -0.668. The Morgan fingerprint density at radius 3 is 2.84 bits per heavy atom. The number of ether oxygens (including phenoxy) is 1. The van der Waals surface area contributed by atoms with Crippen molar-refractivity contribution in [1.29, 1.82) is 0 Å². The molecule has 1 unspecified atom stereocenters. The lowest BCUT2D eigenvalue weighted by Crippen LogP contribution is -2.51. The number of piperazine rings is 1. The van der Waals surface area contributed by atoms with Gasteiger partial charge in [0, 0.05) is 65.4 Å². The van der Waals surface area contributed by atoms with Gasteiger partial charge < -0.3 is 15.0 Å². The number of aryl methyl sites for hydroxylation is 1. The van der Waals surface area contributed by atoms with E-state index in [2.05, 4.69) is 22.1 Å². The van der Waals surface area contributed by atoms with Crippen LogP contribution in [0.3, 0.4) is 0 Å². The Balaban J connectivity index is 1.86. The van der Waals surface area contributed by atoms with Crippen molar-refractivity contribution in [2.24, 2.45) is 0 Å². The predicted molar refractivity (Wildman–Crippen MR) is 118 cm³/mol. The molecule has 162 valence electrons. The number of nitrogens with zero attached hydrogens (tertiary/aromatic N) is 3. The van der Waals surface area contributed by atoms with Gasteiger partial charge in [0.1, 0.15) is 23.2 Å². The van der Waals surface area contributed by atoms with Crippen LogP contribution < -0.4 is 20.6 Å². The molecule has 3 aromatic rings. The SMILES string of the molecule is COc1cc2c(N3CCNCC3C)nc(=O)n3c2c(c1-c1ccc(F)cc1F)SCC3. The smallest absolute Gasteiger partial charge is 0.350 e. The summed E-state index contributed by atoms with van der Waals surface area (Å²) in [5, 5.41) is 4.16. The minimum absolute atomic E-state index is 0.166. The molecule has 3 heterocycles. The molecule has 9 heteroatoms. The molecule has 0 spiro atoms. The van der Waals surface area contributed by atoms with Gasteiger partial charge >= 0.3 is 5.69 Å². The maximum atomic E-state index is 14.8. The standard InChI is InChI=1S/C22H22F2N4O2S/c1-12-11-25-5-6-27(12)21-15-10-17(30-2)18(14-4-3-13(23)9-16(14)24)20-19(15)28(7-8-31-20)22(29)26-21/h3-4,9-10,12,25H,5-8,11H2,1-2H3. The van der Waals surface area contributed by atoms with E-state index in [1.165, 1.54) is 19.2 Å². The molecule has 6 nitrogen and oxygen atoms in total. The zero-order valence-electron chi connectivity index (χ0n) is 17.2. The highest BCUT2D eigenvalue weighted by Gasteiger charge is 2.29. The van der Waals surface area contributed by atoms with E-state index in [1.807, 2.05) is 6.07 Å². The molecule has 1 saturated heterocycles. The van der Waals surface area contributed by atoms with Gasteiger partial charge in [0.15, 0.2) is 0 Å². The summed E-state index contributed by atoms with van der Waals surface area (Å²) in [5.41, 5.74) is 1.20. The van der Waals surface area contributed by atoms with E-state index in [-0.39, 0.29) is 17.3 Å². The van der Waals surface area contributed by atoms with Crippen LogP contribution in [0, 0.1) is 11.6 Å². The van der Waals surface area contributed by atoms with Gasteiger partial charge in [-0.15, -0.1) is 11.8 Å². The van der Waals surface area contributed by atoms with E-state index in [0.717, 1.165) is 41.5 Å². The Labute approximate surface area is 182 Å². The van der Waals surface area contributed by atoms with Crippen molar-refractivity contribution in [2.45, 2.75) is 24.4 Å². The number of methoxy groups -OCH3 is 1. The molecule has 0 aliphatic carbocycles. The maximum absolute atomic E-state index is 14.8. The largest absolute Gasteiger partial charge is 0.496 e. The van der Waals surface area contributed by atoms with E-state index >= 15 is 0 Å². The summed E-state index contributed by atoms with van der Waals surface area (Å²) < 4.78 is 35.7. The van der Waals surface area contributed by atoms with Crippen molar-refractivity contribution in [1.82, 2.24) is 14.9 Å². The predicted octanol–water partition coefficient (Wildman–Crippen LogP) is 3.25. The topological polar surface area (TPSA) is 59.4 Å². The molecular formula is C22H22F2N4O2S. The van der Waals surface area contributed by atoms with Crippen molar-refractivity contribution in [3.8, 4) is 16.9 Å². The lowest BCUT2D eigenvalue weighted by Gasteiger charge is -2.36. The fourth-order valence-electron chi connectivity index (χ4n) is 4.44. The molecule has 0 saturated carbocycles. The molecule has 1 atom stereocenters. The summed E-state index contributed by atoms with van der Waals surface area (Å²) in [6.45, 7) is 4.94. The normalized spacial score (nSPS) is 18.5. The number of thioether (sulfide) groups is 1. The van der Waals surface area contributed by atoms with E-state index < -0.39 is 11.6 Å². The number of halogens is 2. The fourth-order valence-corrected chi connectivity index (χ4v) is 5.63. The van der Waals surface area contributed by atoms with Crippen molar-refractivity contribution in [3.05, 3.63) is 46.4 Å². The second-order valence-electron chi connectivity index (χ2n) is 7.77. The quantitative estimate of drug-likeness (QED) is 0.669. The van der Waals surface area contributed by atoms with Gasteiger partial charge in [-0.25, -0.2) is 13.6 Å². The van der Waals surface area contributed by atoms with Gasteiger partial charge in [0.05, 0.1) is 12.6 Å². The second-order valence-corrected chi connectivity index (χ2v) is 8.87. The fraction of sp³-hybridized carbons (Fsp3) is 0.364. The van der Waals surface area contributed by atoms with Crippen LogP contribution in [-0.2, 0) is 6.54 Å². The van der Waals surface area contributed by atoms with Crippen molar-refractivity contribution in [2.75, 3.05) is 37.4 Å². The summed E-state index contributed by atoms with van der Waals surface area (Å²) in [5.74, 6) is 0.435. The van der Waals surface area contributed by atoms with E-state index in [9.17, 15) is 13.6 Å². The van der Waals surface area contributed by atoms with Crippen LogP contribution in [0.4, 0.5) is 14.6 Å². The Bertz CT molecular complexity index is 1250. The van der Waals surface area contributed by atoms with Gasteiger partial charge in [0.25, 0.3) is 0 Å². The molecule has 2 aliphatic rings. The van der Waals surface area contributed by atoms with Crippen LogP contribution in [0.1, 0.15) is 6.92 Å². The van der Waals surface area contributed by atoms with Crippen LogP contribution in [0.2, 0.25) is 0 Å². The third-order valence-corrected chi connectivity index (χ3v) is 6.99. The average molecular weight is 445 g/mol. The molecule has 1 aromatic heterocycles. The van der Waals surface area contributed by atoms with Gasteiger partial charge in [-0.3, -0.25) is 4.57 Å². The third kappa shape index (κ3) is 3.27. The number of rotatable bonds is 3. The Hall–Kier alpha value is -2.65. The van der Waals surface area contributed by atoms with Crippen LogP contribution in [-0.4, -0.2) is 48.1 Å². The van der Waals surface area contributed by atoms with E-state index in [0.29, 0.717) is 29.4 Å². The highest BCUT2D eigenvalue weighted by molar-refractivity contribution is 7.99. The van der Waals surface area contributed by atoms with E-state index in [1.54, 1.807) is 16.3 Å².